The second kappa shape index (κ2) is 30.5. The van der Waals surface area contributed by atoms with Crippen LogP contribution in [0.15, 0.2) is 60.7 Å². The number of imide groups is 1. The number of ether oxygens (including phenoxy) is 8. The van der Waals surface area contributed by atoms with Crippen LogP contribution in [0, 0.1) is 17.8 Å². The van der Waals surface area contributed by atoms with Crippen LogP contribution in [0.1, 0.15) is 91.7 Å². The zero-order chi connectivity index (χ0) is 66.7. The molecular formula is C62H84ClN9O19. The van der Waals surface area contributed by atoms with Gasteiger partial charge in [0, 0.05) is 57.3 Å². The molecule has 0 saturated carbocycles. The fourth-order valence-corrected chi connectivity index (χ4v) is 11.6. The number of epoxide rings is 1. The van der Waals surface area contributed by atoms with Crippen LogP contribution in [0.2, 0.25) is 5.02 Å². The second-order valence-corrected chi connectivity index (χ2v) is 24.6. The van der Waals surface area contributed by atoms with Gasteiger partial charge in [-0.05, 0) is 74.4 Å². The molecule has 8 N–H and O–H groups in total. The Kier molecular flexibility index (Phi) is 23.6. The normalized spacial score (nSPS) is 26.3. The molecule has 2 aromatic carbocycles. The van der Waals surface area contributed by atoms with E-state index in [9.17, 15) is 53.1 Å². The van der Waals surface area contributed by atoms with Crippen LogP contribution in [0.5, 0.6) is 5.75 Å². The molecule has 0 aromatic heterocycles. The number of alkyl carbamates (subject to hydrolysis) is 1. The number of nitrogens with two attached hydrogens (primary N) is 1. The van der Waals surface area contributed by atoms with E-state index in [0.717, 1.165) is 4.90 Å². The number of carbonyl (C=O) groups excluding carboxylic acids is 10. The van der Waals surface area contributed by atoms with Gasteiger partial charge in [-0.2, -0.15) is 0 Å². The predicted octanol–water partition coefficient (Wildman–Crippen LogP) is 3.52. The number of amides is 10. The average Bonchev–Trinajstić information content (AvgIpc) is 1.57. The van der Waals surface area contributed by atoms with Crippen molar-refractivity contribution in [2.75, 3.05) is 71.0 Å². The van der Waals surface area contributed by atoms with E-state index in [0.29, 0.717) is 16.8 Å². The lowest BCUT2D eigenvalue weighted by molar-refractivity contribution is -0.157. The molecule has 7 rings (SSSR count). The van der Waals surface area contributed by atoms with Crippen molar-refractivity contribution in [2.45, 2.75) is 153 Å². The monoisotopic (exact) mass is 1290 g/mol. The molecule has 0 radical (unpaired) electrons. The van der Waals surface area contributed by atoms with E-state index < -0.39 is 137 Å². The minimum atomic E-state index is -2.04. The van der Waals surface area contributed by atoms with E-state index in [4.69, 9.17) is 55.2 Å². The maximum absolute atomic E-state index is 14.4. The van der Waals surface area contributed by atoms with E-state index in [1.165, 1.54) is 43.2 Å². The number of urea groups is 1. The number of anilines is 2. The summed E-state index contributed by atoms with van der Waals surface area (Å²) in [7, 11) is 4.30. The van der Waals surface area contributed by atoms with Crippen molar-refractivity contribution in [1.29, 1.82) is 0 Å². The Morgan fingerprint density at radius 3 is 2.23 bits per heavy atom. The first-order chi connectivity index (χ1) is 43.0. The maximum Gasteiger partial charge on any atom is 0.411 e. The summed E-state index contributed by atoms with van der Waals surface area (Å²) in [6.45, 7) is 12.4. The number of rotatable bonds is 25. The van der Waals surface area contributed by atoms with Crippen LogP contribution >= 0.6 is 11.6 Å². The van der Waals surface area contributed by atoms with Crippen LogP contribution < -0.4 is 42.0 Å². The quantitative estimate of drug-likeness (QED) is 0.0187. The SMILES string of the molecule is COc1cc2cc(c1Cl)N(C)C(=O)CC(OC(=O)C(C)C)[C@]1(C)O[C@H]1C(C)[C@H]1CC(O)(NC(=O)O1)C(OC)/C=C/C1N(C(=O)OCc3ccc(NC(=O)[C@H](CCCNC(N)=O)NC(=O)[C@@H](NC(=O)CCOCCOCCN4C(=O)C=CC4=O)C(C)C)cc3)C1(C)C2. The highest BCUT2D eigenvalue weighted by atomic mass is 35.5. The number of halogens is 1. The zero-order valence-electron chi connectivity index (χ0n) is 52.8. The van der Waals surface area contributed by atoms with Gasteiger partial charge in [-0.3, -0.25) is 48.7 Å². The molecule has 5 aliphatic rings. The molecular weight excluding hydrogens is 1210 g/mol. The summed E-state index contributed by atoms with van der Waals surface area (Å²) < 4.78 is 46.4. The third kappa shape index (κ3) is 17.6. The number of nitrogens with one attached hydrogen (secondary N) is 5. The molecule has 2 aromatic rings. The third-order valence-electron chi connectivity index (χ3n) is 16.8. The summed E-state index contributed by atoms with van der Waals surface area (Å²) in [6, 6.07) is 6.10. The van der Waals surface area contributed by atoms with E-state index in [2.05, 4.69) is 26.6 Å². The molecule has 498 valence electrons. The highest BCUT2D eigenvalue weighted by Crippen LogP contribution is 2.51. The number of carbonyl (C=O) groups is 10. The van der Waals surface area contributed by atoms with E-state index in [1.807, 2.05) is 6.92 Å². The largest absolute Gasteiger partial charge is 0.495 e. The molecule has 28 nitrogen and oxygen atoms in total. The number of methoxy groups -OCH3 is 2. The number of aliphatic hydroxyl groups is 1. The van der Waals surface area contributed by atoms with Crippen molar-refractivity contribution in [1.82, 2.24) is 31.1 Å². The molecule has 0 aliphatic carbocycles. The average molecular weight is 1290 g/mol. The molecule has 29 heteroatoms. The number of fused-ring (bicyclic) bond motifs is 6. The van der Waals surface area contributed by atoms with Gasteiger partial charge in [0.15, 0.2) is 5.72 Å². The number of hydrogen-bond donors (Lipinski definition) is 7. The van der Waals surface area contributed by atoms with Crippen LogP contribution in [0.4, 0.5) is 25.8 Å². The van der Waals surface area contributed by atoms with Gasteiger partial charge in [0.05, 0.1) is 75.8 Å². The summed E-state index contributed by atoms with van der Waals surface area (Å²) in [4.78, 5) is 135. The lowest BCUT2D eigenvalue weighted by Gasteiger charge is -2.42. The first kappa shape index (κ1) is 70.6. The van der Waals surface area contributed by atoms with Crippen molar-refractivity contribution < 1.29 is 90.9 Å². The Balaban J connectivity index is 1.02. The Hall–Kier alpha value is -7.89. The van der Waals surface area contributed by atoms with Gasteiger partial charge in [0.2, 0.25) is 23.6 Å². The molecule has 3 fully saturated rings. The Bertz CT molecular complexity index is 3090. The topological polar surface area (TPSA) is 364 Å². The van der Waals surface area contributed by atoms with Crippen LogP contribution in [-0.4, -0.2) is 195 Å². The highest BCUT2D eigenvalue weighted by molar-refractivity contribution is 6.35. The van der Waals surface area contributed by atoms with Gasteiger partial charge in [-0.1, -0.05) is 70.5 Å². The third-order valence-corrected chi connectivity index (χ3v) is 17.2. The standard InChI is InChI=1S/C62H84ClN9O19/c1-34(2)52(68-47(73)21-24-86-26-27-87-25-23-71-48(74)19-20-49(71)75)55(78)67-40(12-11-22-65-57(64)80)54(77)66-39-15-13-37(14-16-39)33-88-59(82)72-44-17-18-45(85-10)62(83)32-43(89-58(81)69-62)36(5)53-61(7,91-53)46(90-56(79)35(3)4)30-50(76)70(8)41-28-38(31-60(44,72)6)29-42(84-9)51(41)63/h13-20,28-29,34-36,40,43-46,52-53,83H,11-12,21-27,30-33H2,1-10H3,(H,66,77)(H,67,78)(H,68,73)(H,69,81)(H3,64,65,80)/b18-17+/t36?,40-,43+,44?,45?,46?,52-,53-,60?,61-,62?,72?/m0/s1. The van der Waals surface area contributed by atoms with Crippen molar-refractivity contribution in [3.05, 3.63) is 76.9 Å². The fourth-order valence-electron chi connectivity index (χ4n) is 11.3. The molecule has 0 spiro atoms. The first-order valence-corrected chi connectivity index (χ1v) is 30.5. The van der Waals surface area contributed by atoms with E-state index in [-0.39, 0.29) is 101 Å². The lowest BCUT2D eigenvalue weighted by Crippen LogP contribution is -2.63. The molecule has 6 unspecified atom stereocenters. The number of primary amides is 1. The summed E-state index contributed by atoms with van der Waals surface area (Å²) >= 11 is 6.93. The van der Waals surface area contributed by atoms with Crippen molar-refractivity contribution in [2.24, 2.45) is 23.5 Å². The van der Waals surface area contributed by atoms with Gasteiger partial charge >= 0.3 is 24.2 Å². The Morgan fingerprint density at radius 1 is 0.912 bits per heavy atom. The minimum Gasteiger partial charge on any atom is -0.495 e. The predicted molar refractivity (Wildman–Crippen MR) is 327 cm³/mol. The molecule has 10 amide bonds. The van der Waals surface area contributed by atoms with Crippen LogP contribution in [0.3, 0.4) is 0 Å². The summed E-state index contributed by atoms with van der Waals surface area (Å²) in [6.07, 6.45) is -0.196. The lowest BCUT2D eigenvalue weighted by atomic mass is 9.83. The van der Waals surface area contributed by atoms with Crippen LogP contribution in [0.25, 0.3) is 0 Å². The fraction of sp³-hybridized carbons (Fsp3) is 0.581. The van der Waals surface area contributed by atoms with E-state index >= 15 is 0 Å². The van der Waals surface area contributed by atoms with Gasteiger partial charge in [0.25, 0.3) is 11.8 Å². The van der Waals surface area contributed by atoms with Gasteiger partial charge in [0.1, 0.15) is 53.4 Å². The molecule has 4 bridgehead atoms. The molecule has 3 saturated heterocycles. The number of benzene rings is 2. The first-order valence-electron chi connectivity index (χ1n) is 30.2. The van der Waals surface area contributed by atoms with E-state index in [1.54, 1.807) is 90.1 Å². The van der Waals surface area contributed by atoms with Crippen molar-refractivity contribution >= 4 is 82.6 Å². The van der Waals surface area contributed by atoms with Gasteiger partial charge in [-0.15, -0.1) is 0 Å². The van der Waals surface area contributed by atoms with Crippen molar-refractivity contribution in [3.8, 4) is 5.75 Å². The highest BCUT2D eigenvalue weighted by Gasteiger charge is 2.65. The Morgan fingerprint density at radius 2 is 1.59 bits per heavy atom. The molecule has 11 atom stereocenters. The maximum atomic E-state index is 14.4. The van der Waals surface area contributed by atoms with Gasteiger partial charge < -0.3 is 74.9 Å². The molecule has 5 aliphatic heterocycles. The molecule has 91 heavy (non-hydrogen) atoms. The zero-order valence-corrected chi connectivity index (χ0v) is 53.6. The summed E-state index contributed by atoms with van der Waals surface area (Å²) in [5.41, 5.74) is 2.67. The number of nitrogens with zero attached hydrogens (tertiary/aromatic N) is 3. The van der Waals surface area contributed by atoms with Crippen molar-refractivity contribution in [3.63, 3.8) is 0 Å². The van der Waals surface area contributed by atoms with Gasteiger partial charge in [-0.25, -0.2) is 14.4 Å². The smallest absolute Gasteiger partial charge is 0.411 e. The van der Waals surface area contributed by atoms with Crippen LogP contribution in [-0.2, 0) is 79.7 Å². The minimum absolute atomic E-state index is 0.000348. The second-order valence-electron chi connectivity index (χ2n) is 24.2. The summed E-state index contributed by atoms with van der Waals surface area (Å²) in [5.74, 6) is -4.95. The number of hydrogen-bond acceptors (Lipinski definition) is 19. The Labute approximate surface area is 532 Å². The summed E-state index contributed by atoms with van der Waals surface area (Å²) in [5, 5.41) is 25.6. The number of esters is 1. The molecule has 5 heterocycles.